The molecule has 2 aromatic rings. The molecule has 0 aromatic heterocycles. The maximum Gasteiger partial charge on any atom is 0.254 e. The van der Waals surface area contributed by atoms with E-state index in [1.54, 1.807) is 13.8 Å². The molecular formula is C20H21ClF2N2O4. The van der Waals surface area contributed by atoms with E-state index < -0.39 is 23.3 Å². The number of primary amides is 1. The molecular weight excluding hydrogens is 406 g/mol. The van der Waals surface area contributed by atoms with Crippen molar-refractivity contribution < 1.29 is 27.8 Å². The zero-order valence-corrected chi connectivity index (χ0v) is 16.7. The van der Waals surface area contributed by atoms with Crippen LogP contribution in [-0.2, 0) is 9.47 Å². The second-order valence-electron chi connectivity index (χ2n) is 7.03. The molecule has 156 valence electrons. The normalized spacial score (nSPS) is 17.9. The van der Waals surface area contributed by atoms with Crippen LogP contribution in [0.15, 0.2) is 30.3 Å². The number of hydrogen-bond acceptors (Lipinski definition) is 5. The van der Waals surface area contributed by atoms with Gasteiger partial charge in [-0.2, -0.15) is 0 Å². The summed E-state index contributed by atoms with van der Waals surface area (Å²) in [6, 6.07) is 6.01. The lowest BCUT2D eigenvalue weighted by molar-refractivity contribution is -0.139. The first-order valence-corrected chi connectivity index (χ1v) is 9.32. The van der Waals surface area contributed by atoms with Gasteiger partial charge in [0.1, 0.15) is 22.9 Å². The summed E-state index contributed by atoms with van der Waals surface area (Å²) in [7, 11) is 0. The van der Waals surface area contributed by atoms with Gasteiger partial charge in [-0.05, 0) is 38.1 Å². The molecule has 1 amide bonds. The van der Waals surface area contributed by atoms with Gasteiger partial charge in [-0.15, -0.1) is 0 Å². The number of ether oxygens (including phenoxy) is 3. The largest absolute Gasteiger partial charge is 0.492 e. The van der Waals surface area contributed by atoms with Crippen molar-refractivity contribution in [2.24, 2.45) is 5.73 Å². The lowest BCUT2D eigenvalue weighted by atomic mass is 10.1. The molecule has 3 N–H and O–H groups in total. The highest BCUT2D eigenvalue weighted by molar-refractivity contribution is 6.30. The van der Waals surface area contributed by atoms with E-state index in [9.17, 15) is 13.6 Å². The molecule has 1 fully saturated rings. The van der Waals surface area contributed by atoms with E-state index in [1.165, 1.54) is 12.1 Å². The van der Waals surface area contributed by atoms with E-state index in [0.717, 1.165) is 18.2 Å². The summed E-state index contributed by atoms with van der Waals surface area (Å²) in [5.41, 5.74) is 5.37. The summed E-state index contributed by atoms with van der Waals surface area (Å²) in [5.74, 6) is -2.91. The number of nitrogens with one attached hydrogen (secondary N) is 1. The van der Waals surface area contributed by atoms with Gasteiger partial charge in [-0.3, -0.25) is 4.79 Å². The molecule has 1 aliphatic rings. The van der Waals surface area contributed by atoms with Crippen LogP contribution in [0.2, 0.25) is 5.02 Å². The van der Waals surface area contributed by atoms with Crippen LogP contribution in [-0.4, -0.2) is 31.0 Å². The number of rotatable bonds is 7. The standard InChI is InChI=1S/C20H21ClF2N2O4/c1-20(2)28-10-13(29-20)5-6-27-17-9-12(22)8-16(18(17)19(24)26)25-15-4-3-11(21)7-14(15)23/h3-4,7-9,13,25H,5-6,10H2,1-2H3,(H2,24,26)/t13-/m1/s1. The molecule has 1 heterocycles. The monoisotopic (exact) mass is 426 g/mol. The minimum Gasteiger partial charge on any atom is -0.492 e. The van der Waals surface area contributed by atoms with Crippen LogP contribution in [0.1, 0.15) is 30.6 Å². The topological polar surface area (TPSA) is 82.8 Å². The van der Waals surface area contributed by atoms with Crippen molar-refractivity contribution in [2.75, 3.05) is 18.5 Å². The quantitative estimate of drug-likeness (QED) is 0.686. The highest BCUT2D eigenvalue weighted by Gasteiger charge is 2.32. The van der Waals surface area contributed by atoms with Gasteiger partial charge in [0.25, 0.3) is 5.91 Å². The Kier molecular flexibility index (Phi) is 6.26. The highest BCUT2D eigenvalue weighted by atomic mass is 35.5. The Labute approximate surface area is 171 Å². The van der Waals surface area contributed by atoms with Crippen molar-refractivity contribution in [3.63, 3.8) is 0 Å². The van der Waals surface area contributed by atoms with Gasteiger partial charge in [0, 0.05) is 17.5 Å². The van der Waals surface area contributed by atoms with Crippen LogP contribution < -0.4 is 15.8 Å². The number of carbonyl (C=O) groups excluding carboxylic acids is 1. The molecule has 0 bridgehead atoms. The van der Waals surface area contributed by atoms with Crippen molar-refractivity contribution >= 4 is 28.9 Å². The Balaban J connectivity index is 1.79. The number of nitrogens with two attached hydrogens (primary N) is 1. The Bertz CT molecular complexity index is 924. The zero-order chi connectivity index (χ0) is 21.2. The van der Waals surface area contributed by atoms with Crippen molar-refractivity contribution in [1.29, 1.82) is 0 Å². The summed E-state index contributed by atoms with van der Waals surface area (Å²) in [6.45, 7) is 4.16. The summed E-state index contributed by atoms with van der Waals surface area (Å²) in [5, 5.41) is 2.88. The Hall–Kier alpha value is -2.42. The molecule has 3 rings (SSSR count). The average molecular weight is 427 g/mol. The fraction of sp³-hybridized carbons (Fsp3) is 0.350. The van der Waals surface area contributed by atoms with Gasteiger partial charge in [0.15, 0.2) is 5.79 Å². The summed E-state index contributed by atoms with van der Waals surface area (Å²) >= 11 is 5.74. The van der Waals surface area contributed by atoms with Crippen LogP contribution in [0.3, 0.4) is 0 Å². The van der Waals surface area contributed by atoms with Gasteiger partial charge in [0.2, 0.25) is 0 Å². The molecule has 1 atom stereocenters. The second kappa shape index (κ2) is 8.52. The maximum atomic E-state index is 14.1. The third kappa shape index (κ3) is 5.35. The number of halogens is 3. The lowest BCUT2D eigenvalue weighted by Gasteiger charge is -2.18. The fourth-order valence-electron chi connectivity index (χ4n) is 2.99. The predicted octanol–water partition coefficient (Wildman–Crippen LogP) is 4.38. The summed E-state index contributed by atoms with van der Waals surface area (Å²) < 4.78 is 45.0. The van der Waals surface area contributed by atoms with Crippen molar-refractivity contribution in [3.8, 4) is 5.75 Å². The molecule has 0 spiro atoms. The molecule has 0 unspecified atom stereocenters. The number of benzene rings is 2. The molecule has 0 radical (unpaired) electrons. The maximum absolute atomic E-state index is 14.1. The van der Waals surface area contributed by atoms with Crippen LogP contribution in [0.25, 0.3) is 0 Å². The van der Waals surface area contributed by atoms with Gasteiger partial charge < -0.3 is 25.3 Å². The summed E-state index contributed by atoms with van der Waals surface area (Å²) in [6.07, 6.45) is 0.281. The van der Waals surface area contributed by atoms with Crippen LogP contribution in [0, 0.1) is 11.6 Å². The first kappa shape index (κ1) is 21.3. The number of anilines is 2. The Morgan fingerprint density at radius 3 is 2.69 bits per heavy atom. The SMILES string of the molecule is CC1(C)OC[C@@H](CCOc2cc(F)cc(Nc3ccc(Cl)cc3F)c2C(N)=O)O1. The Morgan fingerprint density at radius 1 is 1.31 bits per heavy atom. The molecule has 0 saturated carbocycles. The minimum absolute atomic E-state index is 0.00665. The number of hydrogen-bond donors (Lipinski definition) is 2. The van der Waals surface area contributed by atoms with Crippen LogP contribution >= 0.6 is 11.6 Å². The second-order valence-corrected chi connectivity index (χ2v) is 7.46. The first-order valence-electron chi connectivity index (χ1n) is 8.94. The van der Waals surface area contributed by atoms with Crippen LogP contribution in [0.5, 0.6) is 5.75 Å². The van der Waals surface area contributed by atoms with Gasteiger partial charge in [-0.1, -0.05) is 11.6 Å². The molecule has 29 heavy (non-hydrogen) atoms. The van der Waals surface area contributed by atoms with Gasteiger partial charge in [-0.25, -0.2) is 8.78 Å². The van der Waals surface area contributed by atoms with Gasteiger partial charge in [0.05, 0.1) is 30.7 Å². The van der Waals surface area contributed by atoms with E-state index >= 15 is 0 Å². The molecule has 2 aromatic carbocycles. The van der Waals surface area contributed by atoms with E-state index in [1.807, 2.05) is 0 Å². The van der Waals surface area contributed by atoms with Gasteiger partial charge >= 0.3 is 0 Å². The minimum atomic E-state index is -0.849. The lowest BCUT2D eigenvalue weighted by Crippen LogP contribution is -2.22. The third-order valence-electron chi connectivity index (χ3n) is 4.28. The van der Waals surface area contributed by atoms with E-state index in [-0.39, 0.29) is 40.4 Å². The molecule has 6 nitrogen and oxygen atoms in total. The van der Waals surface area contributed by atoms with E-state index in [0.29, 0.717) is 13.0 Å². The molecule has 9 heteroatoms. The Morgan fingerprint density at radius 2 is 2.07 bits per heavy atom. The van der Waals surface area contributed by atoms with E-state index in [2.05, 4.69) is 5.32 Å². The molecule has 0 aliphatic carbocycles. The molecule has 1 aliphatic heterocycles. The fourth-order valence-corrected chi connectivity index (χ4v) is 3.15. The predicted molar refractivity (Wildman–Crippen MR) is 105 cm³/mol. The number of carbonyl (C=O) groups is 1. The highest BCUT2D eigenvalue weighted by Crippen LogP contribution is 2.32. The smallest absolute Gasteiger partial charge is 0.254 e. The molecule has 1 saturated heterocycles. The van der Waals surface area contributed by atoms with Crippen molar-refractivity contribution in [2.45, 2.75) is 32.2 Å². The van der Waals surface area contributed by atoms with Crippen LogP contribution in [0.4, 0.5) is 20.2 Å². The van der Waals surface area contributed by atoms with Crippen molar-refractivity contribution in [1.82, 2.24) is 0 Å². The van der Waals surface area contributed by atoms with E-state index in [4.69, 9.17) is 31.5 Å². The first-order chi connectivity index (χ1) is 13.6. The summed E-state index contributed by atoms with van der Waals surface area (Å²) in [4.78, 5) is 12.0. The average Bonchev–Trinajstić information content (AvgIpc) is 2.95. The zero-order valence-electron chi connectivity index (χ0n) is 15.9. The third-order valence-corrected chi connectivity index (χ3v) is 4.51. The van der Waals surface area contributed by atoms with Crippen molar-refractivity contribution in [3.05, 3.63) is 52.6 Å². The number of amides is 1.